The number of amides is 1. The molecule has 17 heavy (non-hydrogen) atoms. The molecule has 0 bridgehead atoms. The van der Waals surface area contributed by atoms with E-state index in [0.29, 0.717) is 5.92 Å². The molecule has 0 aromatic rings. The van der Waals surface area contributed by atoms with Crippen LogP contribution >= 0.6 is 0 Å². The standard InChI is InChI=1S/C13H24N2O2/c1-13(2,3)17-12(16)15-7-6-9-4-5-11(14)10(9)8-15/h9-11H,4-8,14H2,1-3H3/t9-,10+,11-/m0/s1. The summed E-state index contributed by atoms with van der Waals surface area (Å²) < 4.78 is 5.41. The summed E-state index contributed by atoms with van der Waals surface area (Å²) in [7, 11) is 0. The van der Waals surface area contributed by atoms with E-state index in [0.717, 1.165) is 31.8 Å². The number of ether oxygens (including phenoxy) is 1. The first-order chi connectivity index (χ1) is 7.87. The SMILES string of the molecule is CC(C)(C)OC(=O)N1CC[C@@H]2CC[C@H](N)[C@@H]2C1. The smallest absolute Gasteiger partial charge is 0.410 e. The van der Waals surface area contributed by atoms with Crippen LogP contribution in [0.3, 0.4) is 0 Å². The predicted molar refractivity (Wildman–Crippen MR) is 66.6 cm³/mol. The second kappa shape index (κ2) is 4.48. The van der Waals surface area contributed by atoms with Gasteiger partial charge in [0, 0.05) is 19.1 Å². The summed E-state index contributed by atoms with van der Waals surface area (Å²) in [6.45, 7) is 7.31. The van der Waals surface area contributed by atoms with Crippen LogP contribution in [0.25, 0.3) is 0 Å². The van der Waals surface area contributed by atoms with E-state index in [2.05, 4.69) is 0 Å². The van der Waals surface area contributed by atoms with Gasteiger partial charge in [-0.1, -0.05) is 0 Å². The second-order valence-electron chi connectivity index (χ2n) is 6.38. The molecule has 1 saturated carbocycles. The number of likely N-dealkylation sites (tertiary alicyclic amines) is 1. The highest BCUT2D eigenvalue weighted by Gasteiger charge is 2.40. The first-order valence-electron chi connectivity index (χ1n) is 6.60. The zero-order valence-electron chi connectivity index (χ0n) is 11.1. The summed E-state index contributed by atoms with van der Waals surface area (Å²) in [4.78, 5) is 13.8. The molecule has 1 amide bonds. The predicted octanol–water partition coefficient (Wildman–Crippen LogP) is 1.98. The van der Waals surface area contributed by atoms with Gasteiger partial charge in [0.25, 0.3) is 0 Å². The van der Waals surface area contributed by atoms with Gasteiger partial charge in [0.2, 0.25) is 0 Å². The van der Waals surface area contributed by atoms with Crippen molar-refractivity contribution in [2.24, 2.45) is 17.6 Å². The van der Waals surface area contributed by atoms with E-state index in [-0.39, 0.29) is 12.1 Å². The lowest BCUT2D eigenvalue weighted by Crippen LogP contribution is -2.48. The van der Waals surface area contributed by atoms with Crippen molar-refractivity contribution in [3.05, 3.63) is 0 Å². The maximum absolute atomic E-state index is 12.0. The zero-order valence-corrected chi connectivity index (χ0v) is 11.1. The van der Waals surface area contributed by atoms with Crippen LogP contribution in [0.5, 0.6) is 0 Å². The fraction of sp³-hybridized carbons (Fsp3) is 0.923. The molecule has 1 saturated heterocycles. The number of hydrogen-bond donors (Lipinski definition) is 1. The number of rotatable bonds is 0. The number of nitrogens with zero attached hydrogens (tertiary/aromatic N) is 1. The fourth-order valence-electron chi connectivity index (χ4n) is 2.99. The molecule has 4 heteroatoms. The maximum Gasteiger partial charge on any atom is 0.410 e. The molecule has 0 spiro atoms. The molecule has 0 aromatic carbocycles. The van der Waals surface area contributed by atoms with E-state index in [1.165, 1.54) is 6.42 Å². The van der Waals surface area contributed by atoms with Crippen LogP contribution in [0.4, 0.5) is 4.79 Å². The molecule has 0 radical (unpaired) electrons. The third-order valence-electron chi connectivity index (χ3n) is 3.88. The number of carbonyl (C=O) groups is 1. The van der Waals surface area contributed by atoms with Gasteiger partial charge in [-0.3, -0.25) is 0 Å². The van der Waals surface area contributed by atoms with Gasteiger partial charge in [0.15, 0.2) is 0 Å². The second-order valence-corrected chi connectivity index (χ2v) is 6.38. The molecule has 2 fully saturated rings. The Morgan fingerprint density at radius 2 is 2.00 bits per heavy atom. The van der Waals surface area contributed by atoms with Crippen LogP contribution in [-0.4, -0.2) is 35.7 Å². The molecule has 2 N–H and O–H groups in total. The lowest BCUT2D eigenvalue weighted by molar-refractivity contribution is 0.0119. The Morgan fingerprint density at radius 1 is 1.29 bits per heavy atom. The van der Waals surface area contributed by atoms with Gasteiger partial charge in [-0.15, -0.1) is 0 Å². The van der Waals surface area contributed by atoms with Gasteiger partial charge in [0.1, 0.15) is 5.60 Å². The molecular weight excluding hydrogens is 216 g/mol. The van der Waals surface area contributed by atoms with Crippen molar-refractivity contribution in [2.45, 2.75) is 51.7 Å². The van der Waals surface area contributed by atoms with Gasteiger partial charge in [-0.2, -0.15) is 0 Å². The summed E-state index contributed by atoms with van der Waals surface area (Å²) >= 11 is 0. The molecule has 2 rings (SSSR count). The molecule has 98 valence electrons. The van der Waals surface area contributed by atoms with Gasteiger partial charge >= 0.3 is 6.09 Å². The number of fused-ring (bicyclic) bond motifs is 1. The Labute approximate surface area is 103 Å². The average molecular weight is 240 g/mol. The molecule has 1 heterocycles. The number of hydrogen-bond acceptors (Lipinski definition) is 3. The number of carbonyl (C=O) groups excluding carboxylic acids is 1. The molecule has 0 unspecified atom stereocenters. The topological polar surface area (TPSA) is 55.6 Å². The van der Waals surface area contributed by atoms with Gasteiger partial charge in [-0.05, 0) is 51.9 Å². The highest BCUT2D eigenvalue weighted by atomic mass is 16.6. The molecule has 3 atom stereocenters. The molecular formula is C13H24N2O2. The van der Waals surface area contributed by atoms with E-state index in [4.69, 9.17) is 10.5 Å². The highest BCUT2D eigenvalue weighted by molar-refractivity contribution is 5.68. The van der Waals surface area contributed by atoms with Gasteiger partial charge < -0.3 is 15.4 Å². The Morgan fingerprint density at radius 3 is 2.65 bits per heavy atom. The molecule has 2 aliphatic rings. The van der Waals surface area contributed by atoms with E-state index >= 15 is 0 Å². The largest absolute Gasteiger partial charge is 0.444 e. The van der Waals surface area contributed by atoms with E-state index in [9.17, 15) is 4.79 Å². The Balaban J connectivity index is 1.93. The van der Waals surface area contributed by atoms with Crippen molar-refractivity contribution in [3.63, 3.8) is 0 Å². The normalized spacial score (nSPS) is 33.4. The lowest BCUT2D eigenvalue weighted by atomic mass is 9.87. The van der Waals surface area contributed by atoms with Crippen LogP contribution in [0.2, 0.25) is 0 Å². The van der Waals surface area contributed by atoms with Crippen LogP contribution in [0.1, 0.15) is 40.0 Å². The minimum atomic E-state index is -0.411. The third kappa shape index (κ3) is 2.92. The summed E-state index contributed by atoms with van der Waals surface area (Å²) in [5, 5.41) is 0. The van der Waals surface area contributed by atoms with Crippen molar-refractivity contribution in [2.75, 3.05) is 13.1 Å². The van der Waals surface area contributed by atoms with Gasteiger partial charge in [0.05, 0.1) is 0 Å². The minimum absolute atomic E-state index is 0.185. The van der Waals surface area contributed by atoms with Crippen LogP contribution < -0.4 is 5.73 Å². The van der Waals surface area contributed by atoms with Crippen molar-refractivity contribution in [1.82, 2.24) is 4.90 Å². The van der Waals surface area contributed by atoms with Crippen LogP contribution in [0.15, 0.2) is 0 Å². The fourth-order valence-corrected chi connectivity index (χ4v) is 2.99. The van der Waals surface area contributed by atoms with Crippen LogP contribution in [0, 0.1) is 11.8 Å². The summed E-state index contributed by atoms with van der Waals surface area (Å²) in [6, 6.07) is 0.269. The van der Waals surface area contributed by atoms with Crippen LogP contribution in [-0.2, 0) is 4.74 Å². The molecule has 1 aliphatic heterocycles. The Hall–Kier alpha value is -0.770. The van der Waals surface area contributed by atoms with E-state index < -0.39 is 5.60 Å². The van der Waals surface area contributed by atoms with Crippen molar-refractivity contribution in [1.29, 1.82) is 0 Å². The van der Waals surface area contributed by atoms with E-state index in [1.54, 1.807) is 0 Å². The Bertz CT molecular complexity index is 298. The quantitative estimate of drug-likeness (QED) is 0.704. The monoisotopic (exact) mass is 240 g/mol. The lowest BCUT2D eigenvalue weighted by Gasteiger charge is -2.37. The minimum Gasteiger partial charge on any atom is -0.444 e. The van der Waals surface area contributed by atoms with Crippen molar-refractivity contribution in [3.8, 4) is 0 Å². The van der Waals surface area contributed by atoms with Crippen molar-refractivity contribution < 1.29 is 9.53 Å². The number of piperidine rings is 1. The van der Waals surface area contributed by atoms with Crippen molar-refractivity contribution >= 4 is 6.09 Å². The maximum atomic E-state index is 12.0. The molecule has 4 nitrogen and oxygen atoms in total. The zero-order chi connectivity index (χ0) is 12.6. The first-order valence-corrected chi connectivity index (χ1v) is 6.60. The average Bonchev–Trinajstić information content (AvgIpc) is 2.57. The molecule has 1 aliphatic carbocycles. The third-order valence-corrected chi connectivity index (χ3v) is 3.88. The summed E-state index contributed by atoms with van der Waals surface area (Å²) in [6.07, 6.45) is 3.23. The number of nitrogens with two attached hydrogens (primary N) is 1. The highest BCUT2D eigenvalue weighted by Crippen LogP contribution is 2.37. The van der Waals surface area contributed by atoms with Gasteiger partial charge in [-0.25, -0.2) is 4.79 Å². The van der Waals surface area contributed by atoms with E-state index in [1.807, 2.05) is 25.7 Å². The Kier molecular flexibility index (Phi) is 3.34. The summed E-state index contributed by atoms with van der Waals surface area (Å²) in [5.74, 6) is 1.21. The summed E-state index contributed by atoms with van der Waals surface area (Å²) in [5.41, 5.74) is 5.69. The molecule has 0 aromatic heterocycles. The first kappa shape index (κ1) is 12.7.